The van der Waals surface area contributed by atoms with E-state index in [0.29, 0.717) is 25.6 Å². The number of nitrogens with zero attached hydrogens (tertiary/aromatic N) is 2. The van der Waals surface area contributed by atoms with Gasteiger partial charge in [-0.25, -0.2) is 0 Å². The van der Waals surface area contributed by atoms with Gasteiger partial charge in [0.25, 0.3) is 0 Å². The van der Waals surface area contributed by atoms with Gasteiger partial charge >= 0.3 is 0 Å². The molecule has 2 N–H and O–H groups in total. The van der Waals surface area contributed by atoms with Crippen molar-refractivity contribution >= 4 is 0 Å². The maximum atomic E-state index is 9.61. The normalized spacial score (nSPS) is 18.1. The number of aliphatic hydroxyl groups excluding tert-OH is 1. The van der Waals surface area contributed by atoms with E-state index in [4.69, 9.17) is 5.26 Å². The highest BCUT2D eigenvalue weighted by Gasteiger charge is 2.29. The monoisotopic (exact) mass is 197 g/mol. The lowest BCUT2D eigenvalue weighted by molar-refractivity contribution is 0.110. The lowest BCUT2D eigenvalue weighted by atomic mass is 10.3. The lowest BCUT2D eigenvalue weighted by Gasteiger charge is -2.23. The number of hydrogen-bond donors (Lipinski definition) is 2. The molecule has 1 unspecified atom stereocenters. The van der Waals surface area contributed by atoms with Crippen LogP contribution < -0.4 is 5.32 Å². The fourth-order valence-corrected chi connectivity index (χ4v) is 1.63. The fraction of sp³-hybridized carbons (Fsp3) is 0.900. The summed E-state index contributed by atoms with van der Waals surface area (Å²) in [6, 6.07) is 2.77. The van der Waals surface area contributed by atoms with Crippen molar-refractivity contribution in [1.29, 1.82) is 5.26 Å². The van der Waals surface area contributed by atoms with Crippen LogP contribution in [0.15, 0.2) is 0 Å². The number of rotatable bonds is 7. The van der Waals surface area contributed by atoms with Crippen molar-refractivity contribution in [2.24, 2.45) is 0 Å². The van der Waals surface area contributed by atoms with Crippen molar-refractivity contribution in [3.8, 4) is 6.07 Å². The van der Waals surface area contributed by atoms with Crippen LogP contribution in [0.1, 0.15) is 19.3 Å². The second-order valence-electron chi connectivity index (χ2n) is 3.85. The maximum Gasteiger partial charge on any atom is 0.0791 e. The van der Waals surface area contributed by atoms with E-state index in [1.165, 1.54) is 12.8 Å². The van der Waals surface area contributed by atoms with E-state index in [9.17, 15) is 5.11 Å². The van der Waals surface area contributed by atoms with Crippen LogP contribution >= 0.6 is 0 Å². The van der Waals surface area contributed by atoms with Gasteiger partial charge in [-0.3, -0.25) is 4.90 Å². The molecule has 0 saturated heterocycles. The summed E-state index contributed by atoms with van der Waals surface area (Å²) in [7, 11) is 1.83. The van der Waals surface area contributed by atoms with Gasteiger partial charge in [0.1, 0.15) is 0 Å². The summed E-state index contributed by atoms with van der Waals surface area (Å²) in [6.45, 7) is 2.10. The SMILES string of the molecule is CNCC(O)CN(CCC#N)C1CC1. The number of nitrogens with one attached hydrogen (secondary N) is 1. The molecular formula is C10H19N3O. The van der Waals surface area contributed by atoms with E-state index >= 15 is 0 Å². The average molecular weight is 197 g/mol. The highest BCUT2D eigenvalue weighted by atomic mass is 16.3. The molecule has 4 heteroatoms. The molecule has 0 radical (unpaired) electrons. The van der Waals surface area contributed by atoms with E-state index in [2.05, 4.69) is 16.3 Å². The molecule has 0 aromatic heterocycles. The third-order valence-corrected chi connectivity index (χ3v) is 2.46. The van der Waals surface area contributed by atoms with E-state index in [-0.39, 0.29) is 6.10 Å². The van der Waals surface area contributed by atoms with Crippen molar-refractivity contribution in [1.82, 2.24) is 10.2 Å². The van der Waals surface area contributed by atoms with Crippen LogP contribution in [0.25, 0.3) is 0 Å². The van der Waals surface area contributed by atoms with Crippen molar-refractivity contribution in [2.75, 3.05) is 26.7 Å². The highest BCUT2D eigenvalue weighted by molar-refractivity contribution is 4.87. The van der Waals surface area contributed by atoms with Crippen LogP contribution in [0, 0.1) is 11.3 Å². The molecule has 1 aliphatic rings. The number of likely N-dealkylation sites (N-methyl/N-ethyl adjacent to an activating group) is 1. The number of hydrogen-bond acceptors (Lipinski definition) is 4. The third-order valence-electron chi connectivity index (χ3n) is 2.46. The third kappa shape index (κ3) is 4.05. The first-order valence-corrected chi connectivity index (χ1v) is 5.21. The molecule has 80 valence electrons. The minimum Gasteiger partial charge on any atom is -0.390 e. The Balaban J connectivity index is 2.24. The first-order valence-electron chi connectivity index (χ1n) is 5.21. The topological polar surface area (TPSA) is 59.3 Å². The zero-order chi connectivity index (χ0) is 10.4. The Hall–Kier alpha value is -0.630. The molecule has 1 fully saturated rings. The molecule has 0 heterocycles. The molecule has 0 aliphatic heterocycles. The Morgan fingerprint density at radius 1 is 1.64 bits per heavy atom. The first-order chi connectivity index (χ1) is 6.77. The Morgan fingerprint density at radius 2 is 2.36 bits per heavy atom. The van der Waals surface area contributed by atoms with Gasteiger partial charge in [0.15, 0.2) is 0 Å². The van der Waals surface area contributed by atoms with Gasteiger partial charge in [-0.2, -0.15) is 5.26 Å². The zero-order valence-electron chi connectivity index (χ0n) is 8.74. The van der Waals surface area contributed by atoms with Gasteiger partial charge in [0.2, 0.25) is 0 Å². The molecule has 1 aliphatic carbocycles. The van der Waals surface area contributed by atoms with Crippen LogP contribution in [0.2, 0.25) is 0 Å². The first kappa shape index (κ1) is 11.4. The van der Waals surface area contributed by atoms with Crippen LogP contribution in [-0.4, -0.2) is 48.8 Å². The molecule has 4 nitrogen and oxygen atoms in total. The second kappa shape index (κ2) is 5.97. The van der Waals surface area contributed by atoms with Gasteiger partial charge in [-0.05, 0) is 19.9 Å². The minimum atomic E-state index is -0.320. The zero-order valence-corrected chi connectivity index (χ0v) is 8.74. The molecule has 1 rings (SSSR count). The van der Waals surface area contributed by atoms with Gasteiger partial charge < -0.3 is 10.4 Å². The summed E-state index contributed by atoms with van der Waals surface area (Å²) in [5.41, 5.74) is 0. The van der Waals surface area contributed by atoms with Crippen LogP contribution in [0.4, 0.5) is 0 Å². The molecular weight excluding hydrogens is 178 g/mol. The molecule has 14 heavy (non-hydrogen) atoms. The molecule has 0 amide bonds. The molecule has 1 atom stereocenters. The summed E-state index contributed by atoms with van der Waals surface area (Å²) in [5.74, 6) is 0. The standard InChI is InChI=1S/C10H19N3O/c1-12-7-10(14)8-13(6-2-5-11)9-3-4-9/h9-10,12,14H,2-4,6-8H2,1H3. The summed E-state index contributed by atoms with van der Waals surface area (Å²) < 4.78 is 0. The number of nitriles is 1. The average Bonchev–Trinajstić information content (AvgIpc) is 2.95. The number of aliphatic hydroxyl groups is 1. The Kier molecular flexibility index (Phi) is 4.88. The highest BCUT2D eigenvalue weighted by Crippen LogP contribution is 2.26. The van der Waals surface area contributed by atoms with Gasteiger partial charge in [-0.15, -0.1) is 0 Å². The van der Waals surface area contributed by atoms with Crippen LogP contribution in [0.3, 0.4) is 0 Å². The van der Waals surface area contributed by atoms with Crippen molar-refractivity contribution in [2.45, 2.75) is 31.4 Å². The fourth-order valence-electron chi connectivity index (χ4n) is 1.63. The quantitative estimate of drug-likeness (QED) is 0.600. The predicted molar refractivity (Wildman–Crippen MR) is 54.8 cm³/mol. The summed E-state index contributed by atoms with van der Waals surface area (Å²) in [6.07, 6.45) is 2.68. The largest absolute Gasteiger partial charge is 0.390 e. The van der Waals surface area contributed by atoms with Gasteiger partial charge in [-0.1, -0.05) is 0 Å². The molecule has 1 saturated carbocycles. The second-order valence-corrected chi connectivity index (χ2v) is 3.85. The molecule has 0 aromatic rings. The van der Waals surface area contributed by atoms with Crippen LogP contribution in [-0.2, 0) is 0 Å². The van der Waals surface area contributed by atoms with E-state index < -0.39 is 0 Å². The summed E-state index contributed by atoms with van der Waals surface area (Å²) in [4.78, 5) is 2.23. The van der Waals surface area contributed by atoms with Crippen molar-refractivity contribution in [3.05, 3.63) is 0 Å². The summed E-state index contributed by atoms with van der Waals surface area (Å²) in [5, 5.41) is 21.1. The van der Waals surface area contributed by atoms with Crippen LogP contribution in [0.5, 0.6) is 0 Å². The Bertz CT molecular complexity index is 198. The van der Waals surface area contributed by atoms with Crippen molar-refractivity contribution in [3.63, 3.8) is 0 Å². The Labute approximate surface area is 85.5 Å². The smallest absolute Gasteiger partial charge is 0.0791 e. The van der Waals surface area contributed by atoms with E-state index in [1.807, 2.05) is 7.05 Å². The lowest BCUT2D eigenvalue weighted by Crippen LogP contribution is -2.39. The van der Waals surface area contributed by atoms with Gasteiger partial charge in [0, 0.05) is 32.1 Å². The maximum absolute atomic E-state index is 9.61. The minimum absolute atomic E-state index is 0.320. The molecule has 0 aromatic carbocycles. The Morgan fingerprint density at radius 3 is 2.86 bits per heavy atom. The molecule has 0 bridgehead atoms. The predicted octanol–water partition coefficient (Wildman–Crippen LogP) is -0.0552. The van der Waals surface area contributed by atoms with Gasteiger partial charge in [0.05, 0.1) is 12.2 Å². The summed E-state index contributed by atoms with van der Waals surface area (Å²) >= 11 is 0. The molecule has 0 spiro atoms. The van der Waals surface area contributed by atoms with E-state index in [1.54, 1.807) is 0 Å². The van der Waals surface area contributed by atoms with Crippen molar-refractivity contribution < 1.29 is 5.11 Å². The van der Waals surface area contributed by atoms with E-state index in [0.717, 1.165) is 6.54 Å².